The Hall–Kier alpha value is -2.30. The maximum absolute atomic E-state index is 13.3. The van der Waals surface area contributed by atoms with Crippen molar-refractivity contribution >= 4 is 22.7 Å². The number of hydrogen-bond acceptors (Lipinski definition) is 2. The van der Waals surface area contributed by atoms with Crippen molar-refractivity contribution in [2.75, 3.05) is 26.7 Å². The lowest BCUT2D eigenvalue weighted by molar-refractivity contribution is -0.143. The highest BCUT2D eigenvalue weighted by molar-refractivity contribution is 6.02. The lowest BCUT2D eigenvalue weighted by Crippen LogP contribution is -2.48. The molecule has 132 valence electrons. The average molecular weight is 339 g/mol. The highest BCUT2D eigenvalue weighted by Crippen LogP contribution is 2.40. The fourth-order valence-electron chi connectivity index (χ4n) is 4.73. The number of nitrogens with zero attached hydrogens (tertiary/aromatic N) is 3. The Morgan fingerprint density at radius 3 is 2.64 bits per heavy atom. The van der Waals surface area contributed by atoms with Gasteiger partial charge in [-0.25, -0.2) is 0 Å². The van der Waals surface area contributed by atoms with E-state index in [1.807, 2.05) is 53.6 Å². The number of carbonyl (C=O) groups excluding carboxylic acids is 2. The molecular weight excluding hydrogens is 314 g/mol. The monoisotopic (exact) mass is 339 g/mol. The van der Waals surface area contributed by atoms with Gasteiger partial charge in [-0.1, -0.05) is 18.2 Å². The zero-order valence-electron chi connectivity index (χ0n) is 15.2. The van der Waals surface area contributed by atoms with Crippen molar-refractivity contribution in [3.63, 3.8) is 0 Å². The molecule has 2 saturated heterocycles. The molecule has 3 heterocycles. The van der Waals surface area contributed by atoms with Crippen LogP contribution in [0.25, 0.3) is 10.9 Å². The van der Waals surface area contributed by atoms with Crippen LogP contribution in [0, 0.1) is 12.3 Å². The van der Waals surface area contributed by atoms with E-state index in [1.165, 1.54) is 0 Å². The first-order valence-electron chi connectivity index (χ1n) is 9.03. The van der Waals surface area contributed by atoms with Gasteiger partial charge in [-0.2, -0.15) is 0 Å². The smallest absolute Gasteiger partial charge is 0.270 e. The molecule has 0 N–H and O–H groups in total. The minimum Gasteiger partial charge on any atom is -0.345 e. The molecule has 1 spiro atoms. The number of fused-ring (bicyclic) bond motifs is 1. The molecule has 2 amide bonds. The Balaban J connectivity index is 1.66. The largest absolute Gasteiger partial charge is 0.345 e. The van der Waals surface area contributed by atoms with Crippen LogP contribution in [0.1, 0.15) is 35.3 Å². The lowest BCUT2D eigenvalue weighted by Gasteiger charge is -2.37. The fourth-order valence-corrected chi connectivity index (χ4v) is 4.73. The number of piperidine rings is 1. The number of hydrogen-bond donors (Lipinski definition) is 0. The summed E-state index contributed by atoms with van der Waals surface area (Å²) >= 11 is 0. The fraction of sp³-hybridized carbons (Fsp3) is 0.500. The molecule has 5 nitrogen and oxygen atoms in total. The second kappa shape index (κ2) is 5.61. The molecule has 2 fully saturated rings. The molecule has 0 saturated carbocycles. The third-order valence-electron chi connectivity index (χ3n) is 6.15. The zero-order chi connectivity index (χ0) is 17.8. The van der Waals surface area contributed by atoms with Crippen LogP contribution in [-0.2, 0) is 11.8 Å². The minimum absolute atomic E-state index is 0.0501. The normalized spacial score (nSPS) is 23.9. The summed E-state index contributed by atoms with van der Waals surface area (Å²) in [7, 11) is 3.83. The van der Waals surface area contributed by atoms with Crippen LogP contribution in [0.2, 0.25) is 0 Å². The summed E-state index contributed by atoms with van der Waals surface area (Å²) in [5, 5.41) is 1.12. The van der Waals surface area contributed by atoms with E-state index in [4.69, 9.17) is 0 Å². The maximum atomic E-state index is 13.3. The van der Waals surface area contributed by atoms with Crippen LogP contribution < -0.4 is 0 Å². The Bertz CT molecular complexity index is 830. The van der Waals surface area contributed by atoms with Gasteiger partial charge in [0.2, 0.25) is 5.91 Å². The summed E-state index contributed by atoms with van der Waals surface area (Å²) < 4.78 is 1.99. The van der Waals surface area contributed by atoms with E-state index < -0.39 is 0 Å². The summed E-state index contributed by atoms with van der Waals surface area (Å²) in [6.45, 7) is 4.06. The van der Waals surface area contributed by atoms with Gasteiger partial charge in [0, 0.05) is 44.6 Å². The first-order valence-corrected chi connectivity index (χ1v) is 9.03. The minimum atomic E-state index is -0.360. The van der Waals surface area contributed by atoms with Gasteiger partial charge in [-0.3, -0.25) is 9.59 Å². The molecule has 4 rings (SSSR count). The summed E-state index contributed by atoms with van der Waals surface area (Å²) in [6.07, 6.45) is 2.70. The summed E-state index contributed by atoms with van der Waals surface area (Å²) in [4.78, 5) is 29.7. The average Bonchev–Trinajstić information content (AvgIpc) is 3.14. The molecule has 1 aromatic carbocycles. The third kappa shape index (κ3) is 2.29. The van der Waals surface area contributed by atoms with Crippen molar-refractivity contribution in [1.29, 1.82) is 0 Å². The van der Waals surface area contributed by atoms with Crippen LogP contribution in [0.3, 0.4) is 0 Å². The molecule has 0 bridgehead atoms. The Kier molecular flexibility index (Phi) is 3.63. The zero-order valence-corrected chi connectivity index (χ0v) is 15.2. The molecule has 0 unspecified atom stereocenters. The van der Waals surface area contributed by atoms with Gasteiger partial charge in [0.1, 0.15) is 5.69 Å². The van der Waals surface area contributed by atoms with E-state index in [-0.39, 0.29) is 17.2 Å². The maximum Gasteiger partial charge on any atom is 0.270 e. The second-order valence-electron chi connectivity index (χ2n) is 7.64. The van der Waals surface area contributed by atoms with Crippen LogP contribution in [0.4, 0.5) is 0 Å². The summed E-state index contributed by atoms with van der Waals surface area (Å²) in [5.41, 5.74) is 2.48. The van der Waals surface area contributed by atoms with Gasteiger partial charge in [-0.05, 0) is 37.8 Å². The van der Waals surface area contributed by atoms with E-state index in [0.717, 1.165) is 48.0 Å². The molecule has 0 aliphatic carbocycles. The predicted molar refractivity (Wildman–Crippen MR) is 97.5 cm³/mol. The predicted octanol–water partition coefficient (Wildman–Crippen LogP) is 2.57. The van der Waals surface area contributed by atoms with Crippen molar-refractivity contribution in [3.05, 3.63) is 35.5 Å². The molecule has 1 aromatic heterocycles. The summed E-state index contributed by atoms with van der Waals surface area (Å²) in [6, 6.07) is 8.11. The Morgan fingerprint density at radius 1 is 1.12 bits per heavy atom. The van der Waals surface area contributed by atoms with Gasteiger partial charge in [-0.15, -0.1) is 0 Å². The van der Waals surface area contributed by atoms with E-state index in [9.17, 15) is 9.59 Å². The van der Waals surface area contributed by atoms with Crippen molar-refractivity contribution in [2.24, 2.45) is 12.5 Å². The highest BCUT2D eigenvalue weighted by Gasteiger charge is 2.49. The topological polar surface area (TPSA) is 45.6 Å². The van der Waals surface area contributed by atoms with Crippen LogP contribution in [0.15, 0.2) is 24.3 Å². The summed E-state index contributed by atoms with van der Waals surface area (Å²) in [5.74, 6) is 0.261. The molecule has 0 radical (unpaired) electrons. The standard InChI is InChI=1S/C20H25N3O2/c1-14-15-7-4-5-8-16(15)22(3)17(14)18(24)23-12-10-20(13-23)9-6-11-21(2)19(20)25/h4-5,7-8H,6,9-13H2,1-3H3/t20-/m1/s1. The number of carbonyl (C=O) groups is 2. The highest BCUT2D eigenvalue weighted by atomic mass is 16.2. The van der Waals surface area contributed by atoms with Crippen molar-refractivity contribution in [2.45, 2.75) is 26.2 Å². The van der Waals surface area contributed by atoms with Crippen molar-refractivity contribution in [1.82, 2.24) is 14.4 Å². The van der Waals surface area contributed by atoms with Crippen LogP contribution in [0.5, 0.6) is 0 Å². The lowest BCUT2D eigenvalue weighted by atomic mass is 9.78. The first kappa shape index (κ1) is 16.2. The van der Waals surface area contributed by atoms with Gasteiger partial charge < -0.3 is 14.4 Å². The Morgan fingerprint density at radius 2 is 1.88 bits per heavy atom. The number of para-hydroxylation sites is 1. The van der Waals surface area contributed by atoms with E-state index >= 15 is 0 Å². The number of amides is 2. The number of benzene rings is 1. The van der Waals surface area contributed by atoms with Crippen molar-refractivity contribution < 1.29 is 9.59 Å². The van der Waals surface area contributed by atoms with Gasteiger partial charge in [0.15, 0.2) is 0 Å². The molecule has 5 heteroatoms. The van der Waals surface area contributed by atoms with Gasteiger partial charge in [0.25, 0.3) is 5.91 Å². The first-order chi connectivity index (χ1) is 11.9. The molecule has 2 aromatic rings. The van der Waals surface area contributed by atoms with Crippen molar-refractivity contribution in [3.8, 4) is 0 Å². The second-order valence-corrected chi connectivity index (χ2v) is 7.64. The van der Waals surface area contributed by atoms with Crippen LogP contribution >= 0.6 is 0 Å². The van der Waals surface area contributed by atoms with Gasteiger partial charge in [0.05, 0.1) is 5.41 Å². The molecular formula is C20H25N3O2. The van der Waals surface area contributed by atoms with E-state index in [0.29, 0.717) is 13.1 Å². The Labute approximate surface area is 148 Å². The van der Waals surface area contributed by atoms with Crippen LogP contribution in [-0.4, -0.2) is 52.9 Å². The van der Waals surface area contributed by atoms with E-state index in [2.05, 4.69) is 6.07 Å². The molecule has 2 aliphatic heterocycles. The SMILES string of the molecule is Cc1c(C(=O)N2CC[C@]3(CCCN(C)C3=O)C2)n(C)c2ccccc12. The van der Waals surface area contributed by atoms with E-state index in [1.54, 1.807) is 0 Å². The number of aryl methyl sites for hydroxylation is 2. The van der Waals surface area contributed by atoms with Gasteiger partial charge >= 0.3 is 0 Å². The number of aromatic nitrogens is 1. The number of rotatable bonds is 1. The molecule has 2 aliphatic rings. The molecule has 1 atom stereocenters. The molecule has 25 heavy (non-hydrogen) atoms. The third-order valence-corrected chi connectivity index (χ3v) is 6.15. The number of likely N-dealkylation sites (tertiary alicyclic amines) is 2. The quantitative estimate of drug-likeness (QED) is 0.802.